The molecule has 0 N–H and O–H groups in total. The molecule has 0 amide bonds. The highest BCUT2D eigenvalue weighted by Gasteiger charge is 2.51. The Hall–Kier alpha value is -1.58. The van der Waals surface area contributed by atoms with E-state index in [0.717, 1.165) is 18.4 Å². The van der Waals surface area contributed by atoms with Gasteiger partial charge in [0.05, 0.1) is 25.7 Å². The van der Waals surface area contributed by atoms with Crippen molar-refractivity contribution in [2.45, 2.75) is 69.9 Å². The lowest BCUT2D eigenvalue weighted by molar-refractivity contribution is -0.314. The largest absolute Gasteiger partial charge is 0.469 e. The summed E-state index contributed by atoms with van der Waals surface area (Å²) in [5.74, 6) is 0.689. The van der Waals surface area contributed by atoms with Gasteiger partial charge in [0.2, 0.25) is 0 Å². The number of esters is 1. The van der Waals surface area contributed by atoms with Crippen molar-refractivity contribution < 1.29 is 38.0 Å². The molecule has 8 nitrogen and oxygen atoms in total. The normalized spacial score (nSPS) is 43.2. The quantitative estimate of drug-likeness (QED) is 0.389. The fraction of sp³-hybridized carbons (Fsp3) is 0.769. The Labute approximate surface area is 201 Å². The summed E-state index contributed by atoms with van der Waals surface area (Å²) >= 11 is 0. The van der Waals surface area contributed by atoms with Crippen LogP contribution in [0.3, 0.4) is 0 Å². The molecule has 11 atom stereocenters. The molecule has 34 heavy (non-hydrogen) atoms. The van der Waals surface area contributed by atoms with Gasteiger partial charge in [-0.2, -0.15) is 0 Å². The summed E-state index contributed by atoms with van der Waals surface area (Å²) in [4.78, 5) is 24.4. The zero-order valence-electron chi connectivity index (χ0n) is 21.0. The molecule has 4 aliphatic rings. The maximum absolute atomic E-state index is 12.4. The molecular formula is C26H38O8. The fourth-order valence-corrected chi connectivity index (χ4v) is 6.69. The highest BCUT2D eigenvalue weighted by Crippen LogP contribution is 2.53. The van der Waals surface area contributed by atoms with E-state index in [9.17, 15) is 9.59 Å². The highest BCUT2D eigenvalue weighted by molar-refractivity contribution is 5.95. The van der Waals surface area contributed by atoms with Gasteiger partial charge in [0.25, 0.3) is 0 Å². The Bertz CT molecular complexity index is 822. The molecule has 1 aliphatic heterocycles. The van der Waals surface area contributed by atoms with E-state index in [1.165, 1.54) is 7.11 Å². The van der Waals surface area contributed by atoms with Crippen molar-refractivity contribution in [1.82, 2.24) is 0 Å². The van der Waals surface area contributed by atoms with Gasteiger partial charge < -0.3 is 28.4 Å². The molecule has 4 rings (SSSR count). The van der Waals surface area contributed by atoms with Crippen molar-refractivity contribution in [1.29, 1.82) is 0 Å². The van der Waals surface area contributed by atoms with Crippen molar-refractivity contribution >= 4 is 11.8 Å². The van der Waals surface area contributed by atoms with Gasteiger partial charge in [0, 0.05) is 27.2 Å². The third-order valence-electron chi connectivity index (χ3n) is 8.27. The van der Waals surface area contributed by atoms with Gasteiger partial charge in [0.1, 0.15) is 18.3 Å². The summed E-state index contributed by atoms with van der Waals surface area (Å²) in [6.45, 7) is 3.54. The van der Waals surface area contributed by atoms with Crippen LogP contribution in [0.4, 0.5) is 0 Å². The predicted octanol–water partition coefficient (Wildman–Crippen LogP) is 2.70. The zero-order chi connectivity index (χ0) is 24.6. The highest BCUT2D eigenvalue weighted by atomic mass is 16.7. The molecule has 1 saturated carbocycles. The number of allylic oxidation sites excluding steroid dienone is 4. The molecule has 0 unspecified atom stereocenters. The molecule has 0 aromatic heterocycles. The smallest absolute Gasteiger partial charge is 0.306 e. The van der Waals surface area contributed by atoms with Crippen molar-refractivity contribution in [2.24, 2.45) is 29.6 Å². The monoisotopic (exact) mass is 478 g/mol. The Morgan fingerprint density at radius 3 is 2.29 bits per heavy atom. The second-order valence-corrected chi connectivity index (χ2v) is 9.97. The van der Waals surface area contributed by atoms with E-state index in [2.05, 4.69) is 18.2 Å². The fourth-order valence-electron chi connectivity index (χ4n) is 6.69. The van der Waals surface area contributed by atoms with E-state index in [1.807, 2.05) is 6.92 Å². The van der Waals surface area contributed by atoms with Crippen molar-refractivity contribution in [3.8, 4) is 0 Å². The van der Waals surface area contributed by atoms with Gasteiger partial charge in [0.15, 0.2) is 12.1 Å². The molecule has 0 bridgehead atoms. The van der Waals surface area contributed by atoms with E-state index < -0.39 is 12.4 Å². The van der Waals surface area contributed by atoms with E-state index >= 15 is 0 Å². The van der Waals surface area contributed by atoms with Crippen LogP contribution in [-0.4, -0.2) is 77.0 Å². The van der Waals surface area contributed by atoms with Crippen LogP contribution < -0.4 is 0 Å². The summed E-state index contributed by atoms with van der Waals surface area (Å²) < 4.78 is 34.6. The number of hydrogen-bond acceptors (Lipinski definition) is 8. The molecule has 190 valence electrons. The lowest BCUT2D eigenvalue weighted by atomic mass is 9.70. The summed E-state index contributed by atoms with van der Waals surface area (Å²) in [6, 6.07) is 0. The summed E-state index contributed by atoms with van der Waals surface area (Å²) in [6.07, 6.45) is 6.84. The molecule has 3 aliphatic carbocycles. The topological polar surface area (TPSA) is 89.5 Å². The minimum absolute atomic E-state index is 0.00122. The first-order valence-electron chi connectivity index (χ1n) is 12.2. The van der Waals surface area contributed by atoms with Crippen LogP contribution in [-0.2, 0) is 38.0 Å². The lowest BCUT2D eigenvalue weighted by Gasteiger charge is -2.44. The summed E-state index contributed by atoms with van der Waals surface area (Å²) in [7, 11) is 6.32. The van der Waals surface area contributed by atoms with Crippen LogP contribution in [0, 0.1) is 29.6 Å². The number of fused-ring (bicyclic) bond motifs is 3. The second-order valence-electron chi connectivity index (χ2n) is 9.97. The number of ketones is 1. The number of methoxy groups -OCH3 is 4. The average molecular weight is 479 g/mol. The first kappa shape index (κ1) is 25.5. The van der Waals surface area contributed by atoms with Gasteiger partial charge in [-0.25, -0.2) is 0 Å². The van der Waals surface area contributed by atoms with Crippen molar-refractivity contribution in [2.75, 3.05) is 28.4 Å². The number of Topliss-reactive ketones (excluding diaryl/α,β-unsaturated/α-hetero) is 1. The SMILES string of the molecule is COC(=O)C[C@@H]1C(C(C)=O)=C[C@@H]2[C@H]1C=C[C@@H]1C[C@@H](O[C@@H]3O[C@@H](C)[C@H](OC)[C@@H](OC)[C@H]3OC)C[C@@H]21. The molecule has 2 fully saturated rings. The van der Waals surface area contributed by atoms with E-state index in [0.29, 0.717) is 11.8 Å². The molecule has 1 heterocycles. The minimum atomic E-state index is -0.555. The molecule has 1 saturated heterocycles. The number of carbonyl (C=O) groups excluding carboxylic acids is 2. The maximum Gasteiger partial charge on any atom is 0.306 e. The van der Waals surface area contributed by atoms with Crippen LogP contribution in [0.25, 0.3) is 0 Å². The minimum Gasteiger partial charge on any atom is -0.469 e. The molecule has 0 radical (unpaired) electrons. The lowest BCUT2D eigenvalue weighted by Crippen LogP contribution is -2.59. The Balaban J connectivity index is 1.48. The van der Waals surface area contributed by atoms with E-state index in [-0.39, 0.29) is 60.3 Å². The predicted molar refractivity (Wildman–Crippen MR) is 123 cm³/mol. The van der Waals surface area contributed by atoms with Gasteiger partial charge in [-0.3, -0.25) is 9.59 Å². The number of ether oxygens (including phenoxy) is 6. The Kier molecular flexibility index (Phi) is 7.94. The van der Waals surface area contributed by atoms with Crippen molar-refractivity contribution in [3.63, 3.8) is 0 Å². The van der Waals surface area contributed by atoms with E-state index in [4.69, 9.17) is 28.4 Å². The summed E-state index contributed by atoms with van der Waals surface area (Å²) in [5.41, 5.74) is 0.757. The molecular weight excluding hydrogens is 440 g/mol. The van der Waals surface area contributed by atoms with Crippen LogP contribution >= 0.6 is 0 Å². The number of hydrogen-bond donors (Lipinski definition) is 0. The first-order valence-corrected chi connectivity index (χ1v) is 12.2. The molecule has 8 heteroatoms. The second kappa shape index (κ2) is 10.6. The van der Waals surface area contributed by atoms with Gasteiger partial charge >= 0.3 is 5.97 Å². The average Bonchev–Trinajstić information content (AvgIpc) is 3.39. The standard InChI is InChI=1S/C26H38O8/c1-13(27)18-11-20-17(21(18)12-22(28)29-3)8-7-15-9-16(10-19(15)20)34-26-25(32-6)24(31-5)23(30-4)14(2)33-26/h7-8,11,14-17,19-21,23-26H,9-10,12H2,1-6H3/t14-,15+,16+,17+,19+,20+,21-,23-,24+,25+,26-/m0/s1. The van der Waals surface area contributed by atoms with Gasteiger partial charge in [-0.15, -0.1) is 0 Å². The Morgan fingerprint density at radius 1 is 0.971 bits per heavy atom. The van der Waals surface area contributed by atoms with Crippen LogP contribution in [0.15, 0.2) is 23.8 Å². The van der Waals surface area contributed by atoms with Crippen molar-refractivity contribution in [3.05, 3.63) is 23.8 Å². The molecule has 0 aromatic rings. The zero-order valence-corrected chi connectivity index (χ0v) is 21.0. The molecule has 0 aromatic carbocycles. The third kappa shape index (κ3) is 4.63. The first-order chi connectivity index (χ1) is 16.3. The van der Waals surface area contributed by atoms with E-state index in [1.54, 1.807) is 28.3 Å². The third-order valence-corrected chi connectivity index (χ3v) is 8.27. The number of rotatable bonds is 8. The van der Waals surface area contributed by atoms with Crippen LogP contribution in [0.2, 0.25) is 0 Å². The van der Waals surface area contributed by atoms with Gasteiger partial charge in [-0.05, 0) is 55.9 Å². The molecule has 0 spiro atoms. The maximum atomic E-state index is 12.4. The van der Waals surface area contributed by atoms with Gasteiger partial charge in [-0.1, -0.05) is 18.2 Å². The number of carbonyl (C=O) groups is 2. The van der Waals surface area contributed by atoms with Crippen LogP contribution in [0.5, 0.6) is 0 Å². The Morgan fingerprint density at radius 2 is 1.68 bits per heavy atom. The van der Waals surface area contributed by atoms with Crippen LogP contribution in [0.1, 0.15) is 33.1 Å². The summed E-state index contributed by atoms with van der Waals surface area (Å²) in [5, 5.41) is 0.